The Balaban J connectivity index is 0.000000195. The van der Waals surface area contributed by atoms with Crippen LogP contribution in [0.5, 0.6) is 5.75 Å². The van der Waals surface area contributed by atoms with E-state index in [1.165, 1.54) is 12.7 Å². The van der Waals surface area contributed by atoms with Crippen molar-refractivity contribution in [2.45, 2.75) is 26.5 Å². The molecule has 0 radical (unpaired) electrons. The Morgan fingerprint density at radius 1 is 0.973 bits per heavy atom. The number of nitrogens with zero attached hydrogens (tertiary/aromatic N) is 7. The minimum Gasteiger partial charge on any atom is -0.489 e. The summed E-state index contributed by atoms with van der Waals surface area (Å²) in [4.78, 5) is 26.3. The molecule has 5 heterocycles. The number of nitriles is 2. The first kappa shape index (κ1) is 23.7. The van der Waals surface area contributed by atoms with Gasteiger partial charge in [-0.2, -0.15) is 10.5 Å². The Morgan fingerprint density at radius 2 is 1.65 bits per heavy atom. The summed E-state index contributed by atoms with van der Waals surface area (Å²) in [6.07, 6.45) is 7.89. The van der Waals surface area contributed by atoms with E-state index in [2.05, 4.69) is 46.3 Å². The van der Waals surface area contributed by atoms with Crippen LogP contribution in [-0.2, 0) is 6.54 Å². The maximum atomic E-state index is 9.32. The molecule has 37 heavy (non-hydrogen) atoms. The van der Waals surface area contributed by atoms with E-state index in [9.17, 15) is 5.26 Å². The number of halogens is 1. The minimum absolute atomic E-state index is 0.0354. The molecule has 5 aromatic rings. The van der Waals surface area contributed by atoms with E-state index in [-0.39, 0.29) is 6.10 Å². The molecule has 12 heteroatoms. The molecule has 0 saturated carbocycles. The maximum absolute atomic E-state index is 9.32. The fraction of sp³-hybridized carbons (Fsp3) is 0.160. The Hall–Kier alpha value is -5.00. The SMILES string of the molecule is CC(C)Oc1cc2c(cc1Nc1ncnc3[nH]cc(C#N)c13)C=NC2.N#Cc1c[nH]c2ncnc(Cl)c12. The third kappa shape index (κ3) is 4.63. The van der Waals surface area contributed by atoms with Gasteiger partial charge in [0, 0.05) is 18.6 Å². The smallest absolute Gasteiger partial charge is 0.144 e. The molecular weight excluding hydrogens is 492 g/mol. The van der Waals surface area contributed by atoms with Crippen molar-refractivity contribution >= 4 is 51.4 Å². The van der Waals surface area contributed by atoms with Crippen LogP contribution in [0, 0.1) is 22.7 Å². The molecule has 0 fully saturated rings. The van der Waals surface area contributed by atoms with Crippen molar-refractivity contribution in [1.29, 1.82) is 10.5 Å². The molecule has 0 unspecified atom stereocenters. The van der Waals surface area contributed by atoms with Crippen LogP contribution >= 0.6 is 11.6 Å². The lowest BCUT2D eigenvalue weighted by atomic mass is 10.1. The molecule has 0 aliphatic carbocycles. The van der Waals surface area contributed by atoms with Gasteiger partial charge in [0.25, 0.3) is 0 Å². The first-order chi connectivity index (χ1) is 18.0. The standard InChI is InChI=1S/C18H16N6O.C7H3ClN4/c1-10(2)25-15-4-12-7-20-6-11(12)3-14(15)24-18-16-13(5-19)8-21-17(16)22-9-23-18;8-6-5-4(1-9)2-10-7(5)12-3-11-6/h3-4,6,8-10H,7H2,1-2H3,(H2,21,22,23,24);2-3H,(H,10,11,12). The van der Waals surface area contributed by atoms with Gasteiger partial charge in [0.2, 0.25) is 0 Å². The Morgan fingerprint density at radius 3 is 2.35 bits per heavy atom. The molecule has 182 valence electrons. The lowest BCUT2D eigenvalue weighted by molar-refractivity contribution is 0.243. The number of aromatic amines is 2. The van der Waals surface area contributed by atoms with Crippen LogP contribution in [0.25, 0.3) is 22.1 Å². The molecule has 11 nitrogen and oxygen atoms in total. The van der Waals surface area contributed by atoms with E-state index >= 15 is 0 Å². The number of hydrogen-bond acceptors (Lipinski definition) is 9. The van der Waals surface area contributed by atoms with Crippen molar-refractivity contribution in [1.82, 2.24) is 29.9 Å². The van der Waals surface area contributed by atoms with Crippen molar-refractivity contribution in [2.75, 3.05) is 5.32 Å². The molecule has 0 saturated heterocycles. The Bertz CT molecular complexity index is 1740. The van der Waals surface area contributed by atoms with E-state index in [1.807, 2.05) is 38.3 Å². The highest BCUT2D eigenvalue weighted by molar-refractivity contribution is 6.34. The summed E-state index contributed by atoms with van der Waals surface area (Å²) in [5, 5.41) is 22.8. The molecule has 6 rings (SSSR count). The van der Waals surface area contributed by atoms with Gasteiger partial charge in [-0.1, -0.05) is 11.6 Å². The number of H-pyrrole nitrogens is 2. The van der Waals surface area contributed by atoms with E-state index < -0.39 is 0 Å². The number of hydrogen-bond donors (Lipinski definition) is 3. The number of anilines is 2. The monoisotopic (exact) mass is 510 g/mol. The molecule has 0 atom stereocenters. The van der Waals surface area contributed by atoms with Gasteiger partial charge < -0.3 is 20.0 Å². The number of rotatable bonds is 4. The van der Waals surface area contributed by atoms with Crippen molar-refractivity contribution in [3.63, 3.8) is 0 Å². The number of benzene rings is 1. The molecular formula is C25H19ClN10O. The Labute approximate surface area is 215 Å². The third-order valence-corrected chi connectivity index (χ3v) is 5.77. The number of nitrogens with one attached hydrogen (secondary N) is 3. The van der Waals surface area contributed by atoms with E-state index in [0.717, 1.165) is 22.6 Å². The highest BCUT2D eigenvalue weighted by atomic mass is 35.5. The second-order valence-electron chi connectivity index (χ2n) is 8.27. The van der Waals surface area contributed by atoms with E-state index in [0.29, 0.717) is 50.7 Å². The number of aromatic nitrogens is 6. The van der Waals surface area contributed by atoms with Crippen LogP contribution in [0.15, 0.2) is 42.2 Å². The largest absolute Gasteiger partial charge is 0.489 e. The highest BCUT2D eigenvalue weighted by Gasteiger charge is 2.17. The fourth-order valence-corrected chi connectivity index (χ4v) is 4.11. The summed E-state index contributed by atoms with van der Waals surface area (Å²) in [7, 11) is 0. The number of fused-ring (bicyclic) bond motifs is 3. The van der Waals surface area contributed by atoms with Crippen LogP contribution < -0.4 is 10.1 Å². The minimum atomic E-state index is 0.0354. The van der Waals surface area contributed by atoms with Gasteiger partial charge in [0.1, 0.15) is 52.8 Å². The number of aliphatic imine (C=N–C) groups is 1. The molecule has 4 aromatic heterocycles. The van der Waals surface area contributed by atoms with Crippen molar-refractivity contribution < 1.29 is 4.74 Å². The predicted octanol–water partition coefficient (Wildman–Crippen LogP) is 4.78. The quantitative estimate of drug-likeness (QED) is 0.291. The first-order valence-electron chi connectivity index (χ1n) is 11.2. The normalized spacial score (nSPS) is 11.6. The fourth-order valence-electron chi connectivity index (χ4n) is 3.87. The van der Waals surface area contributed by atoms with Crippen LogP contribution in [0.3, 0.4) is 0 Å². The maximum Gasteiger partial charge on any atom is 0.144 e. The summed E-state index contributed by atoms with van der Waals surface area (Å²) in [6.45, 7) is 4.63. The molecule has 1 aromatic carbocycles. The van der Waals surface area contributed by atoms with Crippen molar-refractivity contribution in [3.05, 3.63) is 64.6 Å². The lowest BCUT2D eigenvalue weighted by Crippen LogP contribution is -2.09. The summed E-state index contributed by atoms with van der Waals surface area (Å²) in [5.74, 6) is 1.30. The summed E-state index contributed by atoms with van der Waals surface area (Å²) >= 11 is 5.76. The van der Waals surface area contributed by atoms with Gasteiger partial charge in [-0.25, -0.2) is 19.9 Å². The van der Waals surface area contributed by atoms with Gasteiger partial charge in [0.05, 0.1) is 40.2 Å². The molecule has 0 spiro atoms. The zero-order chi connectivity index (χ0) is 25.9. The van der Waals surface area contributed by atoms with Gasteiger partial charge in [-0.15, -0.1) is 0 Å². The average Bonchev–Trinajstić information content (AvgIpc) is 3.62. The van der Waals surface area contributed by atoms with Crippen LogP contribution in [-0.4, -0.2) is 42.2 Å². The first-order valence-corrected chi connectivity index (χ1v) is 11.6. The molecule has 1 aliphatic rings. The molecule has 3 N–H and O–H groups in total. The summed E-state index contributed by atoms with van der Waals surface area (Å²) < 4.78 is 5.96. The highest BCUT2D eigenvalue weighted by Crippen LogP contribution is 2.35. The molecule has 0 bridgehead atoms. The molecule has 1 aliphatic heterocycles. The average molecular weight is 511 g/mol. The second-order valence-corrected chi connectivity index (χ2v) is 8.63. The van der Waals surface area contributed by atoms with Crippen LogP contribution in [0.2, 0.25) is 5.15 Å². The zero-order valence-electron chi connectivity index (χ0n) is 19.7. The van der Waals surface area contributed by atoms with Crippen LogP contribution in [0.1, 0.15) is 36.1 Å². The van der Waals surface area contributed by atoms with Crippen molar-refractivity contribution in [2.24, 2.45) is 4.99 Å². The van der Waals surface area contributed by atoms with E-state index in [1.54, 1.807) is 12.4 Å². The lowest BCUT2D eigenvalue weighted by Gasteiger charge is -2.17. The number of ether oxygens (including phenoxy) is 1. The zero-order valence-corrected chi connectivity index (χ0v) is 20.5. The second kappa shape index (κ2) is 9.93. The van der Waals surface area contributed by atoms with Gasteiger partial charge >= 0.3 is 0 Å². The summed E-state index contributed by atoms with van der Waals surface area (Å²) in [5.41, 5.74) is 5.13. The summed E-state index contributed by atoms with van der Waals surface area (Å²) in [6, 6.07) is 8.16. The van der Waals surface area contributed by atoms with Gasteiger partial charge in [-0.3, -0.25) is 4.99 Å². The van der Waals surface area contributed by atoms with Crippen molar-refractivity contribution in [3.8, 4) is 17.9 Å². The van der Waals surface area contributed by atoms with Gasteiger partial charge in [-0.05, 0) is 37.1 Å². The van der Waals surface area contributed by atoms with E-state index in [4.69, 9.17) is 21.6 Å². The predicted molar refractivity (Wildman–Crippen MR) is 139 cm³/mol. The third-order valence-electron chi connectivity index (χ3n) is 5.48. The van der Waals surface area contributed by atoms with Gasteiger partial charge in [0.15, 0.2) is 0 Å². The Kier molecular flexibility index (Phi) is 6.37. The molecule has 0 amide bonds. The van der Waals surface area contributed by atoms with Crippen LogP contribution in [0.4, 0.5) is 11.5 Å². The topological polar surface area (TPSA) is 164 Å².